The van der Waals surface area contributed by atoms with Gasteiger partial charge < -0.3 is 14.9 Å². The molecule has 0 aromatic heterocycles. The standard InChI is InChI=1S/C18H18O5/c1-18(2,3)14-13(19)10-9-12(16(20)21)15(14)23-17(22)11-7-5-4-6-8-11/h4-10,19H,1-3H3,(H,20,21). The number of rotatable bonds is 3. The summed E-state index contributed by atoms with van der Waals surface area (Å²) < 4.78 is 5.35. The van der Waals surface area contributed by atoms with Gasteiger partial charge in [-0.1, -0.05) is 39.0 Å². The molecule has 0 heterocycles. The van der Waals surface area contributed by atoms with Crippen LogP contribution in [0.5, 0.6) is 11.5 Å². The van der Waals surface area contributed by atoms with Crippen LogP contribution in [-0.2, 0) is 5.41 Å². The summed E-state index contributed by atoms with van der Waals surface area (Å²) in [6.07, 6.45) is 0. The molecular weight excluding hydrogens is 296 g/mol. The van der Waals surface area contributed by atoms with Crippen LogP contribution in [0.3, 0.4) is 0 Å². The Labute approximate surface area is 134 Å². The van der Waals surface area contributed by atoms with Crippen LogP contribution in [0.15, 0.2) is 42.5 Å². The Bertz CT molecular complexity index is 742. The number of carboxylic acids is 1. The minimum Gasteiger partial charge on any atom is -0.508 e. The van der Waals surface area contributed by atoms with Crippen LogP contribution >= 0.6 is 0 Å². The number of ether oxygens (including phenoxy) is 1. The van der Waals surface area contributed by atoms with Crippen LogP contribution in [0.4, 0.5) is 0 Å². The number of carboxylic acid groups (broad SMARTS) is 1. The van der Waals surface area contributed by atoms with Crippen LogP contribution in [0, 0.1) is 0 Å². The smallest absolute Gasteiger partial charge is 0.343 e. The number of phenolic OH excluding ortho intramolecular Hbond substituents is 1. The number of phenols is 1. The molecule has 0 unspecified atom stereocenters. The fourth-order valence-electron chi connectivity index (χ4n) is 2.30. The van der Waals surface area contributed by atoms with Gasteiger partial charge in [0.25, 0.3) is 0 Å². The topological polar surface area (TPSA) is 83.8 Å². The van der Waals surface area contributed by atoms with Gasteiger partial charge in [0.2, 0.25) is 0 Å². The molecule has 0 aliphatic rings. The molecule has 0 saturated carbocycles. The highest BCUT2D eigenvalue weighted by Gasteiger charge is 2.29. The Kier molecular flexibility index (Phi) is 4.40. The van der Waals surface area contributed by atoms with E-state index in [-0.39, 0.29) is 22.6 Å². The molecule has 2 N–H and O–H groups in total. The normalized spacial score (nSPS) is 11.1. The zero-order valence-corrected chi connectivity index (χ0v) is 13.2. The summed E-state index contributed by atoms with van der Waals surface area (Å²) in [6, 6.07) is 10.8. The van der Waals surface area contributed by atoms with Gasteiger partial charge in [-0.3, -0.25) is 0 Å². The Morgan fingerprint density at radius 1 is 1.00 bits per heavy atom. The summed E-state index contributed by atoms with van der Waals surface area (Å²) in [5.41, 5.74) is -0.201. The number of hydrogen-bond donors (Lipinski definition) is 2. The monoisotopic (exact) mass is 314 g/mol. The average molecular weight is 314 g/mol. The van der Waals surface area contributed by atoms with Crippen molar-refractivity contribution in [1.29, 1.82) is 0 Å². The number of carbonyl (C=O) groups is 2. The summed E-state index contributed by atoms with van der Waals surface area (Å²) >= 11 is 0. The molecule has 2 aromatic rings. The zero-order chi connectivity index (χ0) is 17.2. The van der Waals surface area contributed by atoms with Crippen LogP contribution in [0.25, 0.3) is 0 Å². The van der Waals surface area contributed by atoms with Gasteiger partial charge in [-0.25, -0.2) is 9.59 Å². The van der Waals surface area contributed by atoms with E-state index < -0.39 is 17.4 Å². The fraction of sp³-hybridized carbons (Fsp3) is 0.222. The number of aromatic carboxylic acids is 1. The summed E-state index contributed by atoms with van der Waals surface area (Å²) in [4.78, 5) is 23.7. The third-order valence-corrected chi connectivity index (χ3v) is 3.32. The Balaban J connectivity index is 2.57. The minimum atomic E-state index is -1.23. The van der Waals surface area contributed by atoms with Crippen molar-refractivity contribution in [2.24, 2.45) is 0 Å². The van der Waals surface area contributed by atoms with E-state index in [0.717, 1.165) is 0 Å². The Morgan fingerprint density at radius 2 is 1.61 bits per heavy atom. The first-order chi connectivity index (χ1) is 10.7. The van der Waals surface area contributed by atoms with Crippen LogP contribution in [-0.4, -0.2) is 22.2 Å². The second-order valence-corrected chi connectivity index (χ2v) is 6.15. The average Bonchev–Trinajstić information content (AvgIpc) is 2.46. The quantitative estimate of drug-likeness (QED) is 0.668. The predicted octanol–water partition coefficient (Wildman–Crippen LogP) is 3.61. The van der Waals surface area contributed by atoms with Gasteiger partial charge in [0.05, 0.1) is 5.56 Å². The maximum Gasteiger partial charge on any atom is 0.343 e. The molecule has 120 valence electrons. The number of aromatic hydroxyl groups is 1. The van der Waals surface area contributed by atoms with Crippen molar-refractivity contribution in [3.63, 3.8) is 0 Å². The molecule has 0 aliphatic carbocycles. The van der Waals surface area contributed by atoms with Gasteiger partial charge in [-0.05, 0) is 29.7 Å². The van der Waals surface area contributed by atoms with Gasteiger partial charge in [-0.15, -0.1) is 0 Å². The van der Waals surface area contributed by atoms with Gasteiger partial charge in [0, 0.05) is 5.56 Å². The summed E-state index contributed by atoms with van der Waals surface area (Å²) in [7, 11) is 0. The number of benzene rings is 2. The molecule has 23 heavy (non-hydrogen) atoms. The van der Waals surface area contributed by atoms with Crippen molar-refractivity contribution in [1.82, 2.24) is 0 Å². The van der Waals surface area contributed by atoms with E-state index in [1.54, 1.807) is 51.1 Å². The lowest BCUT2D eigenvalue weighted by atomic mass is 9.84. The van der Waals surface area contributed by atoms with E-state index in [4.69, 9.17) is 4.74 Å². The van der Waals surface area contributed by atoms with E-state index in [2.05, 4.69) is 0 Å². The van der Waals surface area contributed by atoms with Crippen molar-refractivity contribution in [2.75, 3.05) is 0 Å². The van der Waals surface area contributed by atoms with Crippen molar-refractivity contribution in [2.45, 2.75) is 26.2 Å². The molecule has 0 saturated heterocycles. The zero-order valence-electron chi connectivity index (χ0n) is 13.2. The van der Waals surface area contributed by atoms with Gasteiger partial charge in [0.15, 0.2) is 5.75 Å². The molecular formula is C18H18O5. The minimum absolute atomic E-state index is 0.113. The predicted molar refractivity (Wildman–Crippen MR) is 85.2 cm³/mol. The van der Waals surface area contributed by atoms with E-state index in [1.807, 2.05) is 0 Å². The lowest BCUT2D eigenvalue weighted by Crippen LogP contribution is -2.19. The fourth-order valence-corrected chi connectivity index (χ4v) is 2.30. The summed E-state index contributed by atoms with van der Waals surface area (Å²) in [5.74, 6) is -2.15. The molecule has 5 nitrogen and oxygen atoms in total. The molecule has 0 spiro atoms. The molecule has 0 fully saturated rings. The lowest BCUT2D eigenvalue weighted by Gasteiger charge is -2.24. The van der Waals surface area contributed by atoms with Crippen molar-refractivity contribution >= 4 is 11.9 Å². The van der Waals surface area contributed by atoms with Crippen molar-refractivity contribution in [3.05, 3.63) is 59.2 Å². The number of hydrogen-bond acceptors (Lipinski definition) is 4. The van der Waals surface area contributed by atoms with E-state index >= 15 is 0 Å². The second kappa shape index (κ2) is 6.12. The Hall–Kier alpha value is -2.82. The first-order valence-corrected chi connectivity index (χ1v) is 7.09. The highest BCUT2D eigenvalue weighted by molar-refractivity contribution is 5.96. The summed E-state index contributed by atoms with van der Waals surface area (Å²) in [6.45, 7) is 5.40. The summed E-state index contributed by atoms with van der Waals surface area (Å²) in [5, 5.41) is 19.5. The van der Waals surface area contributed by atoms with E-state index in [0.29, 0.717) is 5.56 Å². The first-order valence-electron chi connectivity index (χ1n) is 7.09. The molecule has 0 aliphatic heterocycles. The molecule has 5 heteroatoms. The number of carbonyl (C=O) groups excluding carboxylic acids is 1. The third kappa shape index (κ3) is 3.51. The molecule has 0 atom stereocenters. The highest BCUT2D eigenvalue weighted by atomic mass is 16.5. The highest BCUT2D eigenvalue weighted by Crippen LogP contribution is 2.40. The largest absolute Gasteiger partial charge is 0.508 e. The third-order valence-electron chi connectivity index (χ3n) is 3.32. The molecule has 2 aromatic carbocycles. The van der Waals surface area contributed by atoms with Crippen LogP contribution < -0.4 is 4.74 Å². The second-order valence-electron chi connectivity index (χ2n) is 6.15. The molecule has 0 amide bonds. The first kappa shape index (κ1) is 16.5. The van der Waals surface area contributed by atoms with E-state index in [9.17, 15) is 19.8 Å². The van der Waals surface area contributed by atoms with Gasteiger partial charge in [-0.2, -0.15) is 0 Å². The SMILES string of the molecule is CC(C)(C)c1c(O)ccc(C(=O)O)c1OC(=O)c1ccccc1. The van der Waals surface area contributed by atoms with Crippen LogP contribution in [0.1, 0.15) is 47.1 Å². The maximum absolute atomic E-state index is 12.3. The van der Waals surface area contributed by atoms with Gasteiger partial charge in [0.1, 0.15) is 11.3 Å². The van der Waals surface area contributed by atoms with Crippen molar-refractivity contribution in [3.8, 4) is 11.5 Å². The molecule has 0 radical (unpaired) electrons. The number of esters is 1. The van der Waals surface area contributed by atoms with E-state index in [1.165, 1.54) is 12.1 Å². The molecule has 2 rings (SSSR count). The Morgan fingerprint density at radius 3 is 2.13 bits per heavy atom. The van der Waals surface area contributed by atoms with Crippen molar-refractivity contribution < 1.29 is 24.5 Å². The van der Waals surface area contributed by atoms with Crippen LogP contribution in [0.2, 0.25) is 0 Å². The maximum atomic E-state index is 12.3. The van der Waals surface area contributed by atoms with Gasteiger partial charge >= 0.3 is 11.9 Å². The molecule has 0 bridgehead atoms. The lowest BCUT2D eigenvalue weighted by molar-refractivity contribution is 0.0680.